The highest BCUT2D eigenvalue weighted by atomic mass is 32.2. The Morgan fingerprint density at radius 2 is 1.81 bits per heavy atom. The minimum absolute atomic E-state index is 0.106. The van der Waals surface area contributed by atoms with Gasteiger partial charge in [0.25, 0.3) is 0 Å². The van der Waals surface area contributed by atoms with E-state index in [0.717, 1.165) is 11.3 Å². The van der Waals surface area contributed by atoms with E-state index in [4.69, 9.17) is 0 Å². The summed E-state index contributed by atoms with van der Waals surface area (Å²) in [6.07, 6.45) is 1.70. The molecule has 1 aromatic heterocycles. The molecule has 0 fully saturated rings. The average molecular weight is 313 g/mol. The lowest BCUT2D eigenvalue weighted by Gasteiger charge is -2.07. The van der Waals surface area contributed by atoms with Crippen LogP contribution in [0.4, 0.5) is 13.2 Å². The summed E-state index contributed by atoms with van der Waals surface area (Å²) in [5, 5.41) is 3.19. The van der Waals surface area contributed by atoms with Crippen LogP contribution in [0, 0.1) is 6.92 Å². The number of hydrogen-bond acceptors (Lipinski definition) is 4. The summed E-state index contributed by atoms with van der Waals surface area (Å²) in [7, 11) is 0. The highest BCUT2D eigenvalue weighted by Crippen LogP contribution is 2.36. The lowest BCUT2D eigenvalue weighted by atomic mass is 10.2. The molecular formula is C14H14F3N3S. The molecule has 0 bridgehead atoms. The molecule has 0 spiro atoms. The van der Waals surface area contributed by atoms with Crippen molar-refractivity contribution in [1.29, 1.82) is 0 Å². The van der Waals surface area contributed by atoms with Gasteiger partial charge in [0.15, 0.2) is 0 Å². The zero-order valence-electron chi connectivity index (χ0n) is 11.3. The van der Waals surface area contributed by atoms with Gasteiger partial charge >= 0.3 is 5.51 Å². The summed E-state index contributed by atoms with van der Waals surface area (Å²) in [4.78, 5) is 8.46. The maximum Gasteiger partial charge on any atom is 0.446 e. The minimum atomic E-state index is -4.25. The largest absolute Gasteiger partial charge is 0.446 e. The first-order valence-corrected chi connectivity index (χ1v) is 7.08. The number of aryl methyl sites for hydroxylation is 1. The average Bonchev–Trinajstić information content (AvgIpc) is 2.39. The van der Waals surface area contributed by atoms with Crippen molar-refractivity contribution in [2.45, 2.75) is 30.4 Å². The molecule has 7 heteroatoms. The highest BCUT2D eigenvalue weighted by molar-refractivity contribution is 8.00. The van der Waals surface area contributed by atoms with Crippen LogP contribution in [0.3, 0.4) is 0 Å². The van der Waals surface area contributed by atoms with Gasteiger partial charge in [0.05, 0.1) is 5.69 Å². The van der Waals surface area contributed by atoms with E-state index in [1.54, 1.807) is 18.3 Å². The lowest BCUT2D eigenvalue weighted by molar-refractivity contribution is -0.0328. The SMILES string of the molecule is Cc1nccc(CNCc2ccc(SC(F)(F)F)cc2)n1. The van der Waals surface area contributed by atoms with E-state index in [0.29, 0.717) is 18.9 Å². The summed E-state index contributed by atoms with van der Waals surface area (Å²) < 4.78 is 36.6. The molecule has 0 radical (unpaired) electrons. The number of benzene rings is 1. The van der Waals surface area contributed by atoms with Crippen molar-refractivity contribution in [3.63, 3.8) is 0 Å². The van der Waals surface area contributed by atoms with Crippen molar-refractivity contribution in [3.8, 4) is 0 Å². The van der Waals surface area contributed by atoms with Crippen molar-refractivity contribution in [3.05, 3.63) is 53.6 Å². The molecule has 0 amide bonds. The van der Waals surface area contributed by atoms with E-state index in [1.165, 1.54) is 12.1 Å². The van der Waals surface area contributed by atoms with Crippen molar-refractivity contribution >= 4 is 11.8 Å². The molecule has 112 valence electrons. The second-order valence-corrected chi connectivity index (χ2v) is 5.53. The fraction of sp³-hybridized carbons (Fsp3) is 0.286. The zero-order valence-corrected chi connectivity index (χ0v) is 12.1. The molecule has 0 aliphatic heterocycles. The molecule has 1 aromatic carbocycles. The maximum absolute atomic E-state index is 12.2. The van der Waals surface area contributed by atoms with Gasteiger partial charge in [0, 0.05) is 24.2 Å². The van der Waals surface area contributed by atoms with Crippen LogP contribution < -0.4 is 5.32 Å². The second kappa shape index (κ2) is 6.91. The topological polar surface area (TPSA) is 37.8 Å². The molecule has 0 atom stereocenters. The molecular weight excluding hydrogens is 299 g/mol. The number of halogens is 3. The summed E-state index contributed by atoms with van der Waals surface area (Å²) >= 11 is -0.106. The van der Waals surface area contributed by atoms with Gasteiger partial charge < -0.3 is 5.32 Å². The Balaban J connectivity index is 1.84. The Morgan fingerprint density at radius 1 is 1.10 bits per heavy atom. The van der Waals surface area contributed by atoms with Crippen molar-refractivity contribution in [2.75, 3.05) is 0 Å². The third-order valence-corrected chi connectivity index (χ3v) is 3.37. The molecule has 1 heterocycles. The van der Waals surface area contributed by atoms with E-state index >= 15 is 0 Å². The number of aromatic nitrogens is 2. The first-order valence-electron chi connectivity index (χ1n) is 6.26. The quantitative estimate of drug-likeness (QED) is 0.854. The smallest absolute Gasteiger partial charge is 0.307 e. The molecule has 2 aromatic rings. The summed E-state index contributed by atoms with van der Waals surface area (Å²) in [5.74, 6) is 0.711. The Labute approximate surface area is 125 Å². The Kier molecular flexibility index (Phi) is 5.19. The molecule has 0 aliphatic carbocycles. The van der Waals surface area contributed by atoms with Crippen LogP contribution in [0.2, 0.25) is 0 Å². The summed E-state index contributed by atoms with van der Waals surface area (Å²) in [5.41, 5.74) is -2.44. The van der Waals surface area contributed by atoms with Gasteiger partial charge in [0.2, 0.25) is 0 Å². The van der Waals surface area contributed by atoms with Crippen LogP contribution in [-0.4, -0.2) is 15.5 Å². The molecule has 0 aliphatic rings. The van der Waals surface area contributed by atoms with Crippen molar-refractivity contribution in [2.24, 2.45) is 0 Å². The molecule has 21 heavy (non-hydrogen) atoms. The lowest BCUT2D eigenvalue weighted by Crippen LogP contribution is -2.14. The first kappa shape index (κ1) is 15.8. The fourth-order valence-electron chi connectivity index (χ4n) is 1.75. The number of nitrogens with one attached hydrogen (secondary N) is 1. The van der Waals surface area contributed by atoms with E-state index in [9.17, 15) is 13.2 Å². The molecule has 1 N–H and O–H groups in total. The summed E-state index contributed by atoms with van der Waals surface area (Å²) in [6.45, 7) is 2.98. The molecule has 3 nitrogen and oxygen atoms in total. The Bertz CT molecular complexity index is 585. The van der Waals surface area contributed by atoms with Gasteiger partial charge in [-0.1, -0.05) is 12.1 Å². The van der Waals surface area contributed by atoms with E-state index in [2.05, 4.69) is 15.3 Å². The van der Waals surface area contributed by atoms with Crippen molar-refractivity contribution in [1.82, 2.24) is 15.3 Å². The van der Waals surface area contributed by atoms with Gasteiger partial charge in [-0.3, -0.25) is 0 Å². The number of alkyl halides is 3. The number of rotatable bonds is 5. The number of hydrogen-bond donors (Lipinski definition) is 1. The van der Waals surface area contributed by atoms with Crippen LogP contribution in [-0.2, 0) is 13.1 Å². The number of nitrogens with zero attached hydrogens (tertiary/aromatic N) is 2. The standard InChI is InChI=1S/C14H14F3N3S/c1-10-19-7-6-12(20-10)9-18-8-11-2-4-13(5-3-11)21-14(15,16)17/h2-7,18H,8-9H2,1H3. The normalized spacial score (nSPS) is 11.6. The van der Waals surface area contributed by atoms with Crippen LogP contribution >= 0.6 is 11.8 Å². The molecule has 0 saturated heterocycles. The predicted octanol–water partition coefficient (Wildman–Crippen LogP) is 3.69. The molecule has 0 saturated carbocycles. The number of thioether (sulfide) groups is 1. The van der Waals surface area contributed by atoms with Crippen LogP contribution in [0.25, 0.3) is 0 Å². The maximum atomic E-state index is 12.2. The highest BCUT2D eigenvalue weighted by Gasteiger charge is 2.28. The van der Waals surface area contributed by atoms with Crippen LogP contribution in [0.1, 0.15) is 17.1 Å². The van der Waals surface area contributed by atoms with Gasteiger partial charge in [-0.05, 0) is 42.4 Å². The first-order chi connectivity index (χ1) is 9.92. The van der Waals surface area contributed by atoms with Crippen LogP contribution in [0.15, 0.2) is 41.4 Å². The minimum Gasteiger partial charge on any atom is -0.307 e. The fourth-order valence-corrected chi connectivity index (χ4v) is 2.29. The Morgan fingerprint density at radius 3 is 2.43 bits per heavy atom. The van der Waals surface area contributed by atoms with Gasteiger partial charge in [-0.2, -0.15) is 13.2 Å². The second-order valence-electron chi connectivity index (χ2n) is 4.39. The molecule has 2 rings (SSSR count). The molecule has 0 unspecified atom stereocenters. The van der Waals surface area contributed by atoms with E-state index < -0.39 is 5.51 Å². The Hall–Kier alpha value is -1.60. The van der Waals surface area contributed by atoms with Crippen LogP contribution in [0.5, 0.6) is 0 Å². The van der Waals surface area contributed by atoms with Gasteiger partial charge in [0.1, 0.15) is 5.82 Å². The third-order valence-electron chi connectivity index (χ3n) is 2.63. The monoisotopic (exact) mass is 313 g/mol. The van der Waals surface area contributed by atoms with Gasteiger partial charge in [-0.25, -0.2) is 9.97 Å². The predicted molar refractivity (Wildman–Crippen MR) is 75.7 cm³/mol. The van der Waals surface area contributed by atoms with E-state index in [-0.39, 0.29) is 16.7 Å². The zero-order chi connectivity index (χ0) is 15.3. The van der Waals surface area contributed by atoms with E-state index in [1.807, 2.05) is 13.0 Å². The third kappa shape index (κ3) is 5.73. The van der Waals surface area contributed by atoms with Gasteiger partial charge in [-0.15, -0.1) is 0 Å². The summed E-state index contributed by atoms with van der Waals surface area (Å²) in [6, 6.07) is 8.15. The van der Waals surface area contributed by atoms with Crippen molar-refractivity contribution < 1.29 is 13.2 Å².